The first-order valence-electron chi connectivity index (χ1n) is 9.84. The summed E-state index contributed by atoms with van der Waals surface area (Å²) in [7, 11) is 0. The highest BCUT2D eigenvalue weighted by Gasteiger charge is 2.14. The fourth-order valence-corrected chi connectivity index (χ4v) is 3.79. The van der Waals surface area contributed by atoms with Crippen LogP contribution in [0.15, 0.2) is 48.5 Å². The fourth-order valence-electron chi connectivity index (χ4n) is 3.79. The Hall–Kier alpha value is -2.53. The smallest absolute Gasteiger partial charge is 0.228 e. The van der Waals surface area contributed by atoms with Gasteiger partial charge in [0.25, 0.3) is 0 Å². The highest BCUT2D eigenvalue weighted by molar-refractivity contribution is 5.92. The second-order valence-corrected chi connectivity index (χ2v) is 7.24. The molecule has 5 heteroatoms. The quantitative estimate of drug-likeness (QED) is 0.883. The van der Waals surface area contributed by atoms with Gasteiger partial charge in [-0.05, 0) is 48.7 Å². The molecule has 2 fully saturated rings. The third kappa shape index (κ3) is 4.61. The van der Waals surface area contributed by atoms with E-state index >= 15 is 0 Å². The van der Waals surface area contributed by atoms with Gasteiger partial charge in [0.05, 0.1) is 19.6 Å². The van der Waals surface area contributed by atoms with Crippen molar-refractivity contribution < 1.29 is 9.53 Å². The van der Waals surface area contributed by atoms with Crippen molar-refractivity contribution in [1.29, 1.82) is 0 Å². The largest absolute Gasteiger partial charge is 0.378 e. The van der Waals surface area contributed by atoms with Gasteiger partial charge in [-0.3, -0.25) is 4.79 Å². The SMILES string of the molecule is O=C(Cc1ccc(N2CCOCC2)cc1)Nc1cccc(N2CCCC2)c1. The number of hydrogen-bond donors (Lipinski definition) is 1. The topological polar surface area (TPSA) is 44.8 Å². The van der Waals surface area contributed by atoms with Gasteiger partial charge in [-0.2, -0.15) is 0 Å². The minimum atomic E-state index is 0.0210. The van der Waals surface area contributed by atoms with E-state index in [0.717, 1.165) is 50.6 Å². The predicted octanol–water partition coefficient (Wildman–Crippen LogP) is 3.30. The molecule has 0 atom stereocenters. The summed E-state index contributed by atoms with van der Waals surface area (Å²) in [5, 5.41) is 3.04. The zero-order chi connectivity index (χ0) is 18.5. The van der Waals surface area contributed by atoms with Crippen LogP contribution in [0.5, 0.6) is 0 Å². The molecular formula is C22H27N3O2. The van der Waals surface area contributed by atoms with Crippen molar-refractivity contribution >= 4 is 23.0 Å². The number of anilines is 3. The summed E-state index contributed by atoms with van der Waals surface area (Å²) >= 11 is 0. The van der Waals surface area contributed by atoms with Crippen molar-refractivity contribution in [1.82, 2.24) is 0 Å². The van der Waals surface area contributed by atoms with Crippen molar-refractivity contribution in [3.63, 3.8) is 0 Å². The minimum Gasteiger partial charge on any atom is -0.378 e. The highest BCUT2D eigenvalue weighted by Crippen LogP contribution is 2.23. The van der Waals surface area contributed by atoms with Gasteiger partial charge in [0, 0.05) is 43.2 Å². The molecule has 0 unspecified atom stereocenters. The fraction of sp³-hybridized carbons (Fsp3) is 0.409. The van der Waals surface area contributed by atoms with Crippen molar-refractivity contribution in [3.8, 4) is 0 Å². The molecule has 27 heavy (non-hydrogen) atoms. The monoisotopic (exact) mass is 365 g/mol. The van der Waals surface area contributed by atoms with Crippen molar-refractivity contribution in [2.75, 3.05) is 54.5 Å². The number of amides is 1. The van der Waals surface area contributed by atoms with Crippen LogP contribution in [0.25, 0.3) is 0 Å². The lowest BCUT2D eigenvalue weighted by Gasteiger charge is -2.28. The summed E-state index contributed by atoms with van der Waals surface area (Å²) in [4.78, 5) is 17.1. The van der Waals surface area contributed by atoms with Crippen LogP contribution in [0.4, 0.5) is 17.1 Å². The standard InChI is InChI=1S/C22H27N3O2/c26-22(23-19-4-3-5-21(17-19)24-10-1-2-11-24)16-18-6-8-20(9-7-18)25-12-14-27-15-13-25/h3-9,17H,1-2,10-16H2,(H,23,26). The summed E-state index contributed by atoms with van der Waals surface area (Å²) in [6, 6.07) is 16.5. The van der Waals surface area contributed by atoms with E-state index < -0.39 is 0 Å². The van der Waals surface area contributed by atoms with E-state index in [4.69, 9.17) is 4.74 Å². The molecule has 0 aromatic heterocycles. The lowest BCUT2D eigenvalue weighted by molar-refractivity contribution is -0.115. The van der Waals surface area contributed by atoms with Crippen LogP contribution >= 0.6 is 0 Å². The molecule has 2 aromatic carbocycles. The Balaban J connectivity index is 1.34. The third-order valence-electron chi connectivity index (χ3n) is 5.28. The normalized spacial score (nSPS) is 17.2. The van der Waals surface area contributed by atoms with Crippen LogP contribution in [-0.4, -0.2) is 45.3 Å². The Bertz CT molecular complexity index is 763. The van der Waals surface area contributed by atoms with Crippen molar-refractivity contribution in [2.24, 2.45) is 0 Å². The maximum Gasteiger partial charge on any atom is 0.228 e. The summed E-state index contributed by atoms with van der Waals surface area (Å²) < 4.78 is 5.40. The Kier molecular flexibility index (Phi) is 5.58. The van der Waals surface area contributed by atoms with Gasteiger partial charge in [-0.25, -0.2) is 0 Å². The van der Waals surface area contributed by atoms with Gasteiger partial charge in [-0.1, -0.05) is 18.2 Å². The molecule has 0 radical (unpaired) electrons. The average Bonchev–Trinajstić information content (AvgIpc) is 3.24. The Labute approximate surface area is 160 Å². The van der Waals surface area contributed by atoms with Gasteiger partial charge in [0.1, 0.15) is 0 Å². The van der Waals surface area contributed by atoms with E-state index in [0.29, 0.717) is 6.42 Å². The molecule has 2 saturated heterocycles. The van der Waals surface area contributed by atoms with E-state index in [1.54, 1.807) is 0 Å². The summed E-state index contributed by atoms with van der Waals surface area (Å²) in [6.07, 6.45) is 2.88. The van der Waals surface area contributed by atoms with E-state index in [-0.39, 0.29) is 5.91 Å². The summed E-state index contributed by atoms with van der Waals surface area (Å²) in [6.45, 7) is 5.61. The molecule has 142 valence electrons. The Morgan fingerprint density at radius 2 is 1.59 bits per heavy atom. The minimum absolute atomic E-state index is 0.0210. The van der Waals surface area contributed by atoms with Crippen LogP contribution in [0.2, 0.25) is 0 Å². The van der Waals surface area contributed by atoms with Crippen molar-refractivity contribution in [3.05, 3.63) is 54.1 Å². The molecule has 0 saturated carbocycles. The van der Waals surface area contributed by atoms with Gasteiger partial charge in [0.2, 0.25) is 5.91 Å². The van der Waals surface area contributed by atoms with Gasteiger partial charge >= 0.3 is 0 Å². The van der Waals surface area contributed by atoms with E-state index in [2.05, 4.69) is 39.4 Å². The molecule has 5 nitrogen and oxygen atoms in total. The van der Waals surface area contributed by atoms with Gasteiger partial charge in [-0.15, -0.1) is 0 Å². The third-order valence-corrected chi connectivity index (χ3v) is 5.28. The maximum atomic E-state index is 12.4. The van der Waals surface area contributed by atoms with E-state index in [1.165, 1.54) is 24.2 Å². The summed E-state index contributed by atoms with van der Waals surface area (Å²) in [5.41, 5.74) is 4.29. The number of nitrogens with one attached hydrogen (secondary N) is 1. The van der Waals surface area contributed by atoms with Gasteiger partial charge < -0.3 is 19.9 Å². The molecule has 2 aliphatic heterocycles. The van der Waals surface area contributed by atoms with E-state index in [1.807, 2.05) is 24.3 Å². The second kappa shape index (κ2) is 8.44. The molecule has 1 N–H and O–H groups in total. The number of benzene rings is 2. The lowest BCUT2D eigenvalue weighted by atomic mass is 10.1. The number of ether oxygens (including phenoxy) is 1. The molecule has 4 rings (SSSR count). The Morgan fingerprint density at radius 1 is 0.889 bits per heavy atom. The van der Waals surface area contributed by atoms with Crippen molar-refractivity contribution in [2.45, 2.75) is 19.3 Å². The molecule has 0 spiro atoms. The first-order valence-corrected chi connectivity index (χ1v) is 9.84. The molecule has 2 aliphatic rings. The zero-order valence-electron chi connectivity index (χ0n) is 15.7. The van der Waals surface area contributed by atoms with Crippen LogP contribution in [0.1, 0.15) is 18.4 Å². The predicted molar refractivity (Wildman–Crippen MR) is 110 cm³/mol. The number of morpholine rings is 1. The molecule has 2 aromatic rings. The van der Waals surface area contributed by atoms with Gasteiger partial charge in [0.15, 0.2) is 0 Å². The molecular weight excluding hydrogens is 338 g/mol. The number of rotatable bonds is 5. The number of hydrogen-bond acceptors (Lipinski definition) is 4. The van der Waals surface area contributed by atoms with Crippen LogP contribution < -0.4 is 15.1 Å². The molecule has 1 amide bonds. The molecule has 0 bridgehead atoms. The van der Waals surface area contributed by atoms with Crippen LogP contribution in [0, 0.1) is 0 Å². The number of carbonyl (C=O) groups is 1. The first-order chi connectivity index (χ1) is 13.3. The summed E-state index contributed by atoms with van der Waals surface area (Å²) in [5.74, 6) is 0.0210. The average molecular weight is 365 g/mol. The molecule has 0 aliphatic carbocycles. The zero-order valence-corrected chi connectivity index (χ0v) is 15.7. The number of carbonyl (C=O) groups excluding carboxylic acids is 1. The molecule has 2 heterocycles. The first kappa shape index (κ1) is 17.9. The van der Waals surface area contributed by atoms with Crippen LogP contribution in [0.3, 0.4) is 0 Å². The lowest BCUT2D eigenvalue weighted by Crippen LogP contribution is -2.36. The van der Waals surface area contributed by atoms with E-state index in [9.17, 15) is 4.79 Å². The number of nitrogens with zero attached hydrogens (tertiary/aromatic N) is 2. The maximum absolute atomic E-state index is 12.4. The second-order valence-electron chi connectivity index (χ2n) is 7.24. The highest BCUT2D eigenvalue weighted by atomic mass is 16.5. The van der Waals surface area contributed by atoms with Crippen LogP contribution in [-0.2, 0) is 16.0 Å². The Morgan fingerprint density at radius 3 is 2.33 bits per heavy atom.